The number of hydrogen-bond acceptors (Lipinski definition) is 2. The van der Waals surface area contributed by atoms with E-state index < -0.39 is 0 Å². The largest absolute Gasteiger partial charge is 0.383 e. The zero-order valence-corrected chi connectivity index (χ0v) is 11.4. The van der Waals surface area contributed by atoms with Crippen molar-refractivity contribution in [2.75, 3.05) is 5.73 Å². The summed E-state index contributed by atoms with van der Waals surface area (Å²) in [7, 11) is 1.83. The van der Waals surface area contributed by atoms with Crippen molar-refractivity contribution in [2.45, 2.75) is 26.2 Å². The van der Waals surface area contributed by atoms with Crippen molar-refractivity contribution in [1.82, 2.24) is 9.78 Å². The third-order valence-corrected chi connectivity index (χ3v) is 4.08. The minimum atomic E-state index is -0.248. The van der Waals surface area contributed by atoms with Gasteiger partial charge < -0.3 is 5.73 Å². The number of aromatic nitrogens is 2. The van der Waals surface area contributed by atoms with Crippen LogP contribution in [0.3, 0.4) is 0 Å². The summed E-state index contributed by atoms with van der Waals surface area (Å²) in [4.78, 5) is 0. The molecule has 19 heavy (non-hydrogen) atoms. The number of nitrogen functional groups attached to an aromatic ring is 1. The first kappa shape index (κ1) is 12.2. The average molecular weight is 259 g/mol. The highest BCUT2D eigenvalue weighted by molar-refractivity contribution is 5.77. The second kappa shape index (κ2) is 3.83. The highest BCUT2D eigenvalue weighted by Gasteiger charge is 2.49. The first-order valence-corrected chi connectivity index (χ1v) is 6.48. The molecule has 0 amide bonds. The number of aryl methyl sites for hydroxylation is 1. The Kier molecular flexibility index (Phi) is 2.46. The van der Waals surface area contributed by atoms with Crippen LogP contribution < -0.4 is 5.73 Å². The first-order valence-electron chi connectivity index (χ1n) is 6.48. The number of rotatable bonds is 2. The zero-order chi connectivity index (χ0) is 13.8. The Morgan fingerprint density at radius 2 is 2.11 bits per heavy atom. The lowest BCUT2D eigenvalue weighted by Gasteiger charge is -2.06. The van der Waals surface area contributed by atoms with Crippen LogP contribution in [0.4, 0.5) is 10.2 Å². The molecule has 0 aliphatic heterocycles. The number of nitrogens with zero attached hydrogens (tertiary/aromatic N) is 2. The van der Waals surface area contributed by atoms with Gasteiger partial charge in [0.2, 0.25) is 0 Å². The lowest BCUT2D eigenvalue weighted by atomic mass is 9.99. The fourth-order valence-electron chi connectivity index (χ4n) is 2.68. The second-order valence-corrected chi connectivity index (χ2v) is 6.02. The monoisotopic (exact) mass is 259 g/mol. The quantitative estimate of drug-likeness (QED) is 0.899. The smallest absolute Gasteiger partial charge is 0.129 e. The molecule has 4 heteroatoms. The van der Waals surface area contributed by atoms with E-state index in [9.17, 15) is 4.39 Å². The lowest BCUT2D eigenvalue weighted by Crippen LogP contribution is -1.98. The maximum atomic E-state index is 13.4. The molecule has 2 aromatic rings. The molecule has 0 spiro atoms. The molecule has 0 bridgehead atoms. The molecule has 1 aromatic heterocycles. The third kappa shape index (κ3) is 1.91. The van der Waals surface area contributed by atoms with E-state index in [4.69, 9.17) is 5.73 Å². The summed E-state index contributed by atoms with van der Waals surface area (Å²) in [6, 6.07) is 6.55. The predicted molar refractivity (Wildman–Crippen MR) is 74.2 cm³/mol. The van der Waals surface area contributed by atoms with Crippen LogP contribution in [0.5, 0.6) is 0 Å². The summed E-state index contributed by atoms with van der Waals surface area (Å²) < 4.78 is 15.1. The number of benzene rings is 1. The van der Waals surface area contributed by atoms with Gasteiger partial charge in [-0.25, -0.2) is 4.39 Å². The van der Waals surface area contributed by atoms with Gasteiger partial charge in [-0.15, -0.1) is 0 Å². The molecule has 2 N–H and O–H groups in total. The molecule has 0 radical (unpaired) electrons. The van der Waals surface area contributed by atoms with Crippen molar-refractivity contribution in [1.29, 1.82) is 0 Å². The summed E-state index contributed by atoms with van der Waals surface area (Å²) in [5.74, 6) is 0.763. The summed E-state index contributed by atoms with van der Waals surface area (Å²) in [6.45, 7) is 4.44. The van der Waals surface area contributed by atoms with Gasteiger partial charge in [0.15, 0.2) is 0 Å². The van der Waals surface area contributed by atoms with Gasteiger partial charge in [0, 0.05) is 18.5 Å². The molecule has 1 unspecified atom stereocenters. The van der Waals surface area contributed by atoms with Crippen LogP contribution in [0.15, 0.2) is 24.3 Å². The van der Waals surface area contributed by atoms with E-state index in [1.165, 1.54) is 12.1 Å². The Labute approximate surface area is 112 Å². The highest BCUT2D eigenvalue weighted by Crippen LogP contribution is 2.60. The highest BCUT2D eigenvalue weighted by atomic mass is 19.1. The first-order chi connectivity index (χ1) is 8.90. The topological polar surface area (TPSA) is 43.8 Å². The van der Waals surface area contributed by atoms with E-state index in [1.54, 1.807) is 10.7 Å². The molecule has 3 rings (SSSR count). The number of nitrogens with two attached hydrogens (primary N) is 1. The van der Waals surface area contributed by atoms with Gasteiger partial charge >= 0.3 is 0 Å². The van der Waals surface area contributed by atoms with E-state index in [0.717, 1.165) is 23.2 Å². The van der Waals surface area contributed by atoms with Crippen LogP contribution in [0.1, 0.15) is 31.9 Å². The molecule has 3 nitrogen and oxygen atoms in total. The fourth-order valence-corrected chi connectivity index (χ4v) is 2.68. The standard InChI is InChI=1S/C15H18FN3/c1-15(2)8-11(15)13-12(14(17)19(3)18-13)9-5-4-6-10(16)7-9/h4-7,11H,8,17H2,1-3H3. The third-order valence-electron chi connectivity index (χ3n) is 4.08. The molecule has 100 valence electrons. The second-order valence-electron chi connectivity index (χ2n) is 6.02. The van der Waals surface area contributed by atoms with Gasteiger partial charge in [0.25, 0.3) is 0 Å². The number of hydrogen-bond donors (Lipinski definition) is 1. The van der Waals surface area contributed by atoms with Crippen LogP contribution in [0.2, 0.25) is 0 Å². The summed E-state index contributed by atoms with van der Waals surface area (Å²) in [6.07, 6.45) is 1.10. The van der Waals surface area contributed by atoms with E-state index in [0.29, 0.717) is 11.7 Å². The van der Waals surface area contributed by atoms with E-state index in [-0.39, 0.29) is 11.2 Å². The van der Waals surface area contributed by atoms with Gasteiger partial charge in [-0.05, 0) is 29.5 Å². The van der Waals surface area contributed by atoms with Gasteiger partial charge in [-0.3, -0.25) is 4.68 Å². The normalized spacial score (nSPS) is 20.5. The van der Waals surface area contributed by atoms with Crippen LogP contribution in [0.25, 0.3) is 11.1 Å². The molecule has 1 aliphatic rings. The SMILES string of the molecule is Cn1nc(C2CC2(C)C)c(-c2cccc(F)c2)c1N. The zero-order valence-electron chi connectivity index (χ0n) is 11.4. The van der Waals surface area contributed by atoms with Gasteiger partial charge in [0.05, 0.1) is 5.69 Å². The molecule has 1 saturated carbocycles. The lowest BCUT2D eigenvalue weighted by molar-refractivity contribution is 0.609. The van der Waals surface area contributed by atoms with Crippen LogP contribution in [-0.4, -0.2) is 9.78 Å². The minimum absolute atomic E-state index is 0.248. The van der Waals surface area contributed by atoms with Gasteiger partial charge in [-0.1, -0.05) is 26.0 Å². The molecular formula is C15H18FN3. The van der Waals surface area contributed by atoms with E-state index in [1.807, 2.05) is 13.1 Å². The molecule has 1 atom stereocenters. The summed E-state index contributed by atoms with van der Waals surface area (Å²) >= 11 is 0. The van der Waals surface area contributed by atoms with Crippen molar-refractivity contribution in [3.05, 3.63) is 35.8 Å². The minimum Gasteiger partial charge on any atom is -0.383 e. The summed E-state index contributed by atoms with van der Waals surface area (Å²) in [5, 5.41) is 4.54. The number of halogens is 1. The average Bonchev–Trinajstić information content (AvgIpc) is 2.86. The Bertz CT molecular complexity index is 643. The van der Waals surface area contributed by atoms with Crippen LogP contribution in [0, 0.1) is 11.2 Å². The molecule has 1 heterocycles. The van der Waals surface area contributed by atoms with Crippen molar-refractivity contribution in [3.63, 3.8) is 0 Å². The Hall–Kier alpha value is -1.84. The van der Waals surface area contributed by atoms with Gasteiger partial charge in [0.1, 0.15) is 11.6 Å². The maximum absolute atomic E-state index is 13.4. The van der Waals surface area contributed by atoms with Crippen LogP contribution in [-0.2, 0) is 7.05 Å². The maximum Gasteiger partial charge on any atom is 0.129 e. The molecular weight excluding hydrogens is 241 g/mol. The van der Waals surface area contributed by atoms with Crippen molar-refractivity contribution < 1.29 is 4.39 Å². The van der Waals surface area contributed by atoms with Crippen LogP contribution >= 0.6 is 0 Å². The Morgan fingerprint density at radius 3 is 2.68 bits per heavy atom. The molecule has 0 saturated heterocycles. The predicted octanol–water partition coefficient (Wildman–Crippen LogP) is 3.32. The van der Waals surface area contributed by atoms with E-state index in [2.05, 4.69) is 18.9 Å². The van der Waals surface area contributed by atoms with Gasteiger partial charge in [-0.2, -0.15) is 5.10 Å². The van der Waals surface area contributed by atoms with E-state index >= 15 is 0 Å². The Morgan fingerprint density at radius 1 is 1.42 bits per heavy atom. The van der Waals surface area contributed by atoms with Crippen molar-refractivity contribution in [3.8, 4) is 11.1 Å². The fraction of sp³-hybridized carbons (Fsp3) is 0.400. The Balaban J connectivity index is 2.15. The molecule has 1 aromatic carbocycles. The number of anilines is 1. The summed E-state index contributed by atoms with van der Waals surface area (Å²) in [5.41, 5.74) is 9.08. The van der Waals surface area contributed by atoms with Crippen molar-refractivity contribution in [2.24, 2.45) is 12.5 Å². The molecule has 1 aliphatic carbocycles. The van der Waals surface area contributed by atoms with Crippen molar-refractivity contribution >= 4 is 5.82 Å². The molecule has 1 fully saturated rings.